The first kappa shape index (κ1) is 35.2. The fourth-order valence-electron chi connectivity index (χ4n) is 8.14. The number of carbonyl (C=O) groups is 2. The van der Waals surface area contributed by atoms with Gasteiger partial charge in [-0.15, -0.1) is 0 Å². The monoisotopic (exact) mass is 672 g/mol. The lowest BCUT2D eigenvalue weighted by atomic mass is 9.55. The van der Waals surface area contributed by atoms with Crippen LogP contribution >= 0.6 is 7.82 Å². The Morgan fingerprint density at radius 1 is 1.06 bits per heavy atom. The summed E-state index contributed by atoms with van der Waals surface area (Å²) in [7, 11) is -2.40. The van der Waals surface area contributed by atoms with Crippen molar-refractivity contribution in [1.82, 2.24) is 0 Å². The number of phosphoric ester groups is 1. The molecular formula is C35H49N2O9P. The standard InChI is InChI=1S/C35H49N2O9P/c1-20(2)44-47(41,45-21(3)4)46-23-8-10-24-22(19-23)7-9-26-25(24)15-17-35(5)27(26)11-14-30(35)43-18-16-31(38)37-28-12-13-29(42-6)32(33(28)39)34(36)40/h8,10,12-13,19-21,25-27,30,39H,7,9,11,14-18H2,1-6H3,(H2,36,40)(H,37,38). The first-order chi connectivity index (χ1) is 22.2. The second-order valence-corrected chi connectivity index (χ2v) is 15.3. The quantitative estimate of drug-likeness (QED) is 0.149. The fourth-order valence-corrected chi connectivity index (χ4v) is 9.68. The van der Waals surface area contributed by atoms with E-state index in [1.807, 2.05) is 12.1 Å². The van der Waals surface area contributed by atoms with E-state index in [-0.39, 0.29) is 59.7 Å². The number of hydrogen-bond donors (Lipinski definition) is 3. The van der Waals surface area contributed by atoms with E-state index in [4.69, 9.17) is 28.8 Å². The van der Waals surface area contributed by atoms with Crippen LogP contribution in [0.4, 0.5) is 5.69 Å². The summed E-state index contributed by atoms with van der Waals surface area (Å²) in [6, 6.07) is 8.97. The van der Waals surface area contributed by atoms with E-state index in [0.29, 0.717) is 23.5 Å². The molecule has 12 heteroatoms. The van der Waals surface area contributed by atoms with E-state index in [9.17, 15) is 19.3 Å². The zero-order chi connectivity index (χ0) is 34.1. The molecular weight excluding hydrogens is 623 g/mol. The van der Waals surface area contributed by atoms with Crippen molar-refractivity contribution < 1.29 is 42.3 Å². The number of carbonyl (C=O) groups excluding carboxylic acids is 2. The second-order valence-electron chi connectivity index (χ2n) is 13.8. The van der Waals surface area contributed by atoms with Crippen LogP contribution in [0.2, 0.25) is 0 Å². The highest BCUT2D eigenvalue weighted by Crippen LogP contribution is 2.62. The van der Waals surface area contributed by atoms with Crippen molar-refractivity contribution in [1.29, 1.82) is 0 Å². The van der Waals surface area contributed by atoms with Crippen LogP contribution < -0.4 is 20.3 Å². The third kappa shape index (κ3) is 7.48. The molecule has 47 heavy (non-hydrogen) atoms. The van der Waals surface area contributed by atoms with Crippen molar-refractivity contribution in [2.24, 2.45) is 23.0 Å². The van der Waals surface area contributed by atoms with E-state index < -0.39 is 19.5 Å². The van der Waals surface area contributed by atoms with Crippen molar-refractivity contribution in [3.8, 4) is 17.2 Å². The Morgan fingerprint density at radius 3 is 2.45 bits per heavy atom. The number of nitrogens with two attached hydrogens (primary N) is 1. The molecule has 0 aromatic heterocycles. The van der Waals surface area contributed by atoms with Crippen molar-refractivity contribution in [2.45, 2.75) is 104 Å². The Kier molecular flexibility index (Phi) is 10.6. The molecule has 0 heterocycles. The van der Waals surface area contributed by atoms with Gasteiger partial charge >= 0.3 is 7.82 Å². The number of hydrogen-bond acceptors (Lipinski definition) is 9. The number of aryl methyl sites for hydroxylation is 1. The number of anilines is 1. The highest BCUT2D eigenvalue weighted by atomic mass is 31.2. The van der Waals surface area contributed by atoms with Crippen molar-refractivity contribution >= 4 is 25.3 Å². The molecule has 0 bridgehead atoms. The van der Waals surface area contributed by atoms with Gasteiger partial charge in [-0.25, -0.2) is 4.57 Å². The Balaban J connectivity index is 1.19. The van der Waals surface area contributed by atoms with E-state index >= 15 is 0 Å². The average Bonchev–Trinajstić information content (AvgIpc) is 3.32. The van der Waals surface area contributed by atoms with Gasteiger partial charge in [-0.05, 0) is 125 Å². The molecule has 4 N–H and O–H groups in total. The SMILES string of the molecule is COc1ccc(NC(=O)CCOC2CCC3C4CCc5cc(OP(=O)(OC(C)C)OC(C)C)ccc5C4CCC23C)c(O)c1C(N)=O. The Labute approximate surface area is 277 Å². The Bertz CT molecular complexity index is 1510. The molecule has 258 valence electrons. The van der Waals surface area contributed by atoms with Crippen LogP contribution in [0.15, 0.2) is 30.3 Å². The first-order valence-corrected chi connectivity index (χ1v) is 18.1. The topological polar surface area (TPSA) is 156 Å². The molecule has 2 saturated carbocycles. The van der Waals surface area contributed by atoms with Gasteiger partial charge < -0.3 is 30.2 Å². The molecule has 5 unspecified atom stereocenters. The predicted molar refractivity (Wildman–Crippen MR) is 178 cm³/mol. The van der Waals surface area contributed by atoms with E-state index in [1.54, 1.807) is 27.7 Å². The Hall–Kier alpha value is -3.11. The molecule has 5 atom stereocenters. The van der Waals surface area contributed by atoms with Gasteiger partial charge in [-0.2, -0.15) is 0 Å². The van der Waals surface area contributed by atoms with E-state index in [1.165, 1.54) is 30.4 Å². The summed E-state index contributed by atoms with van der Waals surface area (Å²) in [4.78, 5) is 24.5. The molecule has 11 nitrogen and oxygen atoms in total. The minimum absolute atomic E-state index is 0.0256. The van der Waals surface area contributed by atoms with Crippen LogP contribution in [0.25, 0.3) is 0 Å². The van der Waals surface area contributed by atoms with Gasteiger partial charge in [0.25, 0.3) is 5.91 Å². The largest absolute Gasteiger partial charge is 0.530 e. The van der Waals surface area contributed by atoms with Gasteiger partial charge in [0.15, 0.2) is 5.75 Å². The third-order valence-corrected chi connectivity index (χ3v) is 11.8. The summed E-state index contributed by atoms with van der Waals surface area (Å²) >= 11 is 0. The number of phosphoric acid groups is 1. The zero-order valence-corrected chi connectivity index (χ0v) is 29.1. The molecule has 0 radical (unpaired) electrons. The zero-order valence-electron chi connectivity index (χ0n) is 28.2. The minimum atomic E-state index is -3.77. The lowest BCUT2D eigenvalue weighted by molar-refractivity contribution is -0.119. The van der Waals surface area contributed by atoms with Crippen molar-refractivity contribution in [3.63, 3.8) is 0 Å². The van der Waals surface area contributed by atoms with Crippen LogP contribution in [-0.4, -0.2) is 48.9 Å². The van der Waals surface area contributed by atoms with Crippen LogP contribution in [0.1, 0.15) is 101 Å². The van der Waals surface area contributed by atoms with Crippen molar-refractivity contribution in [3.05, 3.63) is 47.0 Å². The number of benzene rings is 2. The number of amides is 2. The van der Waals surface area contributed by atoms with Crippen LogP contribution in [-0.2, 0) is 29.6 Å². The molecule has 0 aliphatic heterocycles. The fraction of sp³-hybridized carbons (Fsp3) is 0.600. The summed E-state index contributed by atoms with van der Waals surface area (Å²) in [6.45, 7) is 9.82. The number of methoxy groups -OCH3 is 1. The first-order valence-electron chi connectivity index (χ1n) is 16.6. The highest BCUT2D eigenvalue weighted by Gasteiger charge is 2.55. The van der Waals surface area contributed by atoms with Gasteiger partial charge in [0.05, 0.1) is 44.1 Å². The lowest BCUT2D eigenvalue weighted by Crippen LogP contribution is -2.44. The molecule has 2 aromatic rings. The van der Waals surface area contributed by atoms with Crippen LogP contribution in [0, 0.1) is 17.3 Å². The van der Waals surface area contributed by atoms with Crippen molar-refractivity contribution in [2.75, 3.05) is 19.0 Å². The van der Waals surface area contributed by atoms with Gasteiger partial charge in [-0.1, -0.05) is 13.0 Å². The predicted octanol–water partition coefficient (Wildman–Crippen LogP) is 7.11. The number of rotatable bonds is 13. The van der Waals surface area contributed by atoms with E-state index in [2.05, 4.69) is 18.3 Å². The maximum atomic E-state index is 13.3. The molecule has 2 aromatic carbocycles. The van der Waals surface area contributed by atoms with Gasteiger partial charge in [0.1, 0.15) is 17.1 Å². The molecule has 0 saturated heterocycles. The van der Waals surface area contributed by atoms with Gasteiger partial charge in [-0.3, -0.25) is 18.6 Å². The summed E-state index contributed by atoms with van der Waals surface area (Å²) in [5, 5.41) is 13.2. The molecule has 5 rings (SSSR count). The smallest absolute Gasteiger partial charge is 0.505 e. The normalized spacial score (nSPS) is 25.2. The second kappa shape index (κ2) is 14.2. The number of primary amides is 1. The summed E-state index contributed by atoms with van der Waals surface area (Å²) < 4.78 is 41.9. The number of phenols is 1. The summed E-state index contributed by atoms with van der Waals surface area (Å²) in [5.74, 6) is 0.532. The molecule has 2 fully saturated rings. The summed E-state index contributed by atoms with van der Waals surface area (Å²) in [5.41, 5.74) is 7.91. The maximum Gasteiger partial charge on any atom is 0.530 e. The Morgan fingerprint density at radius 2 is 1.79 bits per heavy atom. The molecule has 0 spiro atoms. The molecule has 3 aliphatic carbocycles. The number of nitrogens with one attached hydrogen (secondary N) is 1. The maximum absolute atomic E-state index is 13.3. The van der Waals surface area contributed by atoms with Crippen LogP contribution in [0.5, 0.6) is 17.2 Å². The third-order valence-electron chi connectivity index (χ3n) is 10.0. The molecule has 2 amide bonds. The molecule has 3 aliphatic rings. The summed E-state index contributed by atoms with van der Waals surface area (Å²) in [6.07, 6.45) is 5.66. The average molecular weight is 673 g/mol. The lowest BCUT2D eigenvalue weighted by Gasteiger charge is -2.50. The van der Waals surface area contributed by atoms with Gasteiger partial charge in [0, 0.05) is 0 Å². The highest BCUT2D eigenvalue weighted by molar-refractivity contribution is 7.49. The number of ether oxygens (including phenoxy) is 2. The number of aromatic hydroxyl groups is 1. The number of fused-ring (bicyclic) bond motifs is 5. The minimum Gasteiger partial charge on any atom is -0.505 e. The van der Waals surface area contributed by atoms with Crippen LogP contribution in [0.3, 0.4) is 0 Å². The van der Waals surface area contributed by atoms with E-state index in [0.717, 1.165) is 38.5 Å². The van der Waals surface area contributed by atoms with Gasteiger partial charge in [0.2, 0.25) is 5.91 Å².